The van der Waals surface area contributed by atoms with Crippen molar-refractivity contribution in [3.63, 3.8) is 0 Å². The molecule has 0 saturated heterocycles. The topological polar surface area (TPSA) is 153 Å². The van der Waals surface area contributed by atoms with Gasteiger partial charge in [0.25, 0.3) is 0 Å². The fourth-order valence-corrected chi connectivity index (χ4v) is 0.686. The van der Waals surface area contributed by atoms with Gasteiger partial charge in [-0.3, -0.25) is 4.55 Å². The third-order valence-corrected chi connectivity index (χ3v) is 1.70. The molecule has 15 heavy (non-hydrogen) atoms. The molecule has 0 aromatic rings. The van der Waals surface area contributed by atoms with Crippen molar-refractivity contribution in [1.29, 1.82) is 0 Å². The fourth-order valence-electron chi connectivity index (χ4n) is 0.357. The highest BCUT2D eigenvalue weighted by atomic mass is 32.3. The largest absolute Gasteiger partial charge is 0.465 e. The van der Waals surface area contributed by atoms with Crippen LogP contribution in [0.1, 0.15) is 13.8 Å². The molecule has 0 spiro atoms. The van der Waals surface area contributed by atoms with Crippen molar-refractivity contribution >= 4 is 16.5 Å². The minimum Gasteiger partial charge on any atom is -0.465 e. The van der Waals surface area contributed by atoms with Crippen molar-refractivity contribution in [3.8, 4) is 0 Å². The maximum Gasteiger partial charge on any atom is 0.402 e. The second kappa shape index (κ2) is 7.40. The quantitative estimate of drug-likeness (QED) is 0.482. The Bertz CT molecular complexity index is 271. The molecule has 0 bridgehead atoms. The molecular weight excluding hydrogens is 228 g/mol. The Morgan fingerprint density at radius 2 is 1.80 bits per heavy atom. The van der Waals surface area contributed by atoms with E-state index in [1.165, 1.54) is 0 Å². The highest BCUT2D eigenvalue weighted by Gasteiger charge is 2.12. The van der Waals surface area contributed by atoms with E-state index in [-0.39, 0.29) is 18.6 Å². The van der Waals surface area contributed by atoms with Crippen LogP contribution >= 0.6 is 0 Å². The summed E-state index contributed by atoms with van der Waals surface area (Å²) in [6.45, 7) is 3.48. The predicted octanol–water partition coefficient (Wildman–Crippen LogP) is -0.588. The van der Waals surface area contributed by atoms with Crippen LogP contribution in [0.4, 0.5) is 4.79 Å². The van der Waals surface area contributed by atoms with Crippen LogP contribution in [0.5, 0.6) is 0 Å². The van der Waals surface area contributed by atoms with Gasteiger partial charge in [0.2, 0.25) is 0 Å². The molecule has 0 rings (SSSR count). The van der Waals surface area contributed by atoms with Crippen LogP contribution in [0.15, 0.2) is 0 Å². The van der Waals surface area contributed by atoms with Gasteiger partial charge < -0.3 is 16.6 Å². The summed E-state index contributed by atoms with van der Waals surface area (Å²) >= 11 is 0. The number of carboxylic acid groups (broad SMARTS) is 1. The molecule has 92 valence electrons. The Balaban J connectivity index is 0. The van der Waals surface area contributed by atoms with Crippen molar-refractivity contribution in [2.45, 2.75) is 19.9 Å². The minimum absolute atomic E-state index is 0.122. The normalized spacial score (nSPS) is 12.9. The molecule has 0 aromatic carbocycles. The number of hydrogen-bond donors (Lipinski definition) is 4. The maximum atomic E-state index is 10.0. The summed E-state index contributed by atoms with van der Waals surface area (Å²) < 4.78 is 32.3. The lowest BCUT2D eigenvalue weighted by atomic mass is 10.1. The van der Waals surface area contributed by atoms with Crippen LogP contribution < -0.4 is 11.5 Å². The summed E-state index contributed by atoms with van der Waals surface area (Å²) in [5.74, 6) is 0.122. The molecule has 8 nitrogen and oxygen atoms in total. The first-order valence-electron chi connectivity index (χ1n) is 3.92. The standard InChI is InChI=1S/C5H13NO4S.CH3NO2/c1-4(2)5(6)3-10-11(7,8)9;2-1(3)4/h4-5H,3,6H2,1-2H3,(H,7,8,9);2H2,(H,3,4)/t5-;/m1./s1. The van der Waals surface area contributed by atoms with Crippen LogP contribution in [0, 0.1) is 5.92 Å². The van der Waals surface area contributed by atoms with Crippen molar-refractivity contribution < 1.29 is 27.1 Å². The molecule has 0 aliphatic heterocycles. The van der Waals surface area contributed by atoms with Crippen LogP contribution in [0.2, 0.25) is 0 Å². The molecule has 9 heteroatoms. The van der Waals surface area contributed by atoms with Crippen LogP contribution in [0.3, 0.4) is 0 Å². The molecule has 0 aromatic heterocycles. The first kappa shape index (κ1) is 16.5. The molecule has 0 unspecified atom stereocenters. The molecular formula is C6H16N2O6S. The van der Waals surface area contributed by atoms with Crippen molar-refractivity contribution in [2.75, 3.05) is 6.61 Å². The molecule has 1 atom stereocenters. The average molecular weight is 244 g/mol. The summed E-state index contributed by atoms with van der Waals surface area (Å²) in [5.41, 5.74) is 9.45. The smallest absolute Gasteiger partial charge is 0.402 e. The number of primary amides is 1. The Kier molecular flexibility index (Phi) is 8.15. The summed E-state index contributed by atoms with van der Waals surface area (Å²) in [4.78, 5) is 8.78. The van der Waals surface area contributed by atoms with Crippen LogP contribution in [0.25, 0.3) is 0 Å². The second-order valence-electron chi connectivity index (χ2n) is 2.96. The van der Waals surface area contributed by atoms with E-state index < -0.39 is 16.5 Å². The molecule has 0 aliphatic carbocycles. The molecule has 1 amide bonds. The maximum absolute atomic E-state index is 10.0. The molecule has 0 fully saturated rings. The van der Waals surface area contributed by atoms with Gasteiger partial charge in [0.05, 0.1) is 6.61 Å². The molecule has 0 radical (unpaired) electrons. The Morgan fingerprint density at radius 3 is 2.00 bits per heavy atom. The van der Waals surface area contributed by atoms with E-state index in [1.54, 1.807) is 0 Å². The number of hydrogen-bond acceptors (Lipinski definition) is 5. The Labute approximate surface area is 88.2 Å². The Morgan fingerprint density at radius 1 is 1.47 bits per heavy atom. The van der Waals surface area contributed by atoms with Gasteiger partial charge in [0, 0.05) is 6.04 Å². The van der Waals surface area contributed by atoms with Gasteiger partial charge >= 0.3 is 16.5 Å². The summed E-state index contributed by atoms with van der Waals surface area (Å²) in [7, 11) is -4.33. The Hall–Kier alpha value is -0.900. The van der Waals surface area contributed by atoms with E-state index in [0.717, 1.165) is 0 Å². The molecule has 0 saturated carbocycles. The summed E-state index contributed by atoms with van der Waals surface area (Å²) in [6, 6.07) is -0.378. The minimum atomic E-state index is -4.33. The van der Waals surface area contributed by atoms with Gasteiger partial charge in [-0.2, -0.15) is 8.42 Å². The van der Waals surface area contributed by atoms with Gasteiger partial charge in [0.15, 0.2) is 0 Å². The predicted molar refractivity (Wildman–Crippen MR) is 52.5 cm³/mol. The summed E-state index contributed by atoms with van der Waals surface area (Å²) in [5, 5.41) is 7.19. The second-order valence-corrected chi connectivity index (χ2v) is 4.05. The van der Waals surface area contributed by atoms with Crippen molar-refractivity contribution in [3.05, 3.63) is 0 Å². The third-order valence-electron chi connectivity index (χ3n) is 1.27. The number of rotatable bonds is 4. The molecule has 6 N–H and O–H groups in total. The molecule has 0 aliphatic rings. The lowest BCUT2D eigenvalue weighted by Gasteiger charge is -2.13. The lowest BCUT2D eigenvalue weighted by molar-refractivity contribution is 0.205. The van der Waals surface area contributed by atoms with Gasteiger partial charge in [-0.15, -0.1) is 0 Å². The van der Waals surface area contributed by atoms with E-state index in [0.29, 0.717) is 0 Å². The monoisotopic (exact) mass is 244 g/mol. The first-order valence-corrected chi connectivity index (χ1v) is 5.28. The first-order chi connectivity index (χ1) is 6.56. The van der Waals surface area contributed by atoms with E-state index in [1.807, 2.05) is 13.8 Å². The van der Waals surface area contributed by atoms with Gasteiger partial charge in [-0.25, -0.2) is 8.98 Å². The van der Waals surface area contributed by atoms with E-state index in [4.69, 9.17) is 20.2 Å². The lowest BCUT2D eigenvalue weighted by Crippen LogP contribution is -2.32. The highest BCUT2D eigenvalue weighted by Crippen LogP contribution is 1.99. The zero-order chi connectivity index (χ0) is 12.6. The van der Waals surface area contributed by atoms with Crippen LogP contribution in [-0.4, -0.2) is 36.8 Å². The van der Waals surface area contributed by atoms with E-state index in [2.05, 4.69) is 9.92 Å². The number of carbonyl (C=O) groups is 1. The van der Waals surface area contributed by atoms with E-state index >= 15 is 0 Å². The average Bonchev–Trinajstić information content (AvgIpc) is 1.97. The van der Waals surface area contributed by atoms with E-state index in [9.17, 15) is 8.42 Å². The number of nitrogens with two attached hydrogens (primary N) is 2. The number of amides is 1. The third kappa shape index (κ3) is 19.5. The van der Waals surface area contributed by atoms with Crippen LogP contribution in [-0.2, 0) is 14.6 Å². The summed E-state index contributed by atoms with van der Waals surface area (Å²) in [6.07, 6.45) is -1.33. The van der Waals surface area contributed by atoms with Crippen molar-refractivity contribution in [1.82, 2.24) is 0 Å². The highest BCUT2D eigenvalue weighted by molar-refractivity contribution is 7.80. The SMILES string of the molecule is CC(C)[C@H](N)COS(=O)(=O)O.NC(=O)O. The van der Waals surface area contributed by atoms with Gasteiger partial charge in [-0.1, -0.05) is 13.8 Å². The van der Waals surface area contributed by atoms with Gasteiger partial charge in [0.1, 0.15) is 0 Å². The fraction of sp³-hybridized carbons (Fsp3) is 0.833. The molecule has 0 heterocycles. The zero-order valence-corrected chi connectivity index (χ0v) is 9.27. The van der Waals surface area contributed by atoms with Crippen molar-refractivity contribution in [2.24, 2.45) is 17.4 Å². The zero-order valence-electron chi connectivity index (χ0n) is 8.45. The van der Waals surface area contributed by atoms with Gasteiger partial charge in [-0.05, 0) is 5.92 Å².